The molecule has 0 saturated carbocycles. The highest BCUT2D eigenvalue weighted by atomic mass is 16.6. The van der Waals surface area contributed by atoms with Gasteiger partial charge in [-0.2, -0.15) is 0 Å². The summed E-state index contributed by atoms with van der Waals surface area (Å²) >= 11 is 0. The predicted molar refractivity (Wildman–Crippen MR) is 137 cm³/mol. The molecule has 0 heterocycles. The number of esters is 2. The highest BCUT2D eigenvalue weighted by Crippen LogP contribution is 2.29. The van der Waals surface area contributed by atoms with Crippen LogP contribution < -0.4 is 10.1 Å². The van der Waals surface area contributed by atoms with E-state index in [2.05, 4.69) is 5.32 Å². The van der Waals surface area contributed by atoms with Gasteiger partial charge in [0.2, 0.25) is 12.2 Å². The third-order valence-corrected chi connectivity index (χ3v) is 5.47. The summed E-state index contributed by atoms with van der Waals surface area (Å²) in [7, 11) is 1.25. The van der Waals surface area contributed by atoms with Crippen molar-refractivity contribution in [1.29, 1.82) is 0 Å². The monoisotopic (exact) mass is 536 g/mol. The number of nitro groups is 1. The number of methoxy groups -OCH3 is 1. The molecule has 0 fully saturated rings. The fourth-order valence-electron chi connectivity index (χ4n) is 3.35. The number of aryl methyl sites for hydroxylation is 2. The molecular formula is C27H24N2O10. The summed E-state index contributed by atoms with van der Waals surface area (Å²) in [5.74, 6) is -5.17. The highest BCUT2D eigenvalue weighted by Gasteiger charge is 2.41. The van der Waals surface area contributed by atoms with E-state index in [1.807, 2.05) is 0 Å². The van der Waals surface area contributed by atoms with E-state index in [1.54, 1.807) is 38.1 Å². The quantitative estimate of drug-likeness (QED) is 0.221. The minimum Gasteiger partial charge on any atom is -0.495 e. The van der Waals surface area contributed by atoms with Gasteiger partial charge in [0.05, 0.1) is 28.8 Å². The van der Waals surface area contributed by atoms with Crippen molar-refractivity contribution in [3.8, 4) is 5.75 Å². The summed E-state index contributed by atoms with van der Waals surface area (Å²) in [6.07, 6.45) is -4.48. The number of benzene rings is 3. The standard InChI is InChI=1S/C27H24N2O10/c1-15-4-8-17(9-5-15)26(33)38-22(23(25(31)32)39-27(34)18-10-6-16(2)7-11-18)24(30)28-20-14-19(29(35)36)12-13-21(20)37-3/h4-14,22-23H,1-3H3,(H,28,30)(H,31,32)/t22-,23+/m0/s1. The number of nitrogens with one attached hydrogen (secondary N) is 1. The molecule has 2 N–H and O–H groups in total. The topological polar surface area (TPSA) is 171 Å². The van der Waals surface area contributed by atoms with Crippen LogP contribution in [0, 0.1) is 24.0 Å². The zero-order valence-electron chi connectivity index (χ0n) is 21.1. The van der Waals surface area contributed by atoms with Crippen LogP contribution in [0.5, 0.6) is 5.75 Å². The molecule has 0 aliphatic heterocycles. The van der Waals surface area contributed by atoms with E-state index < -0.39 is 46.6 Å². The van der Waals surface area contributed by atoms with Gasteiger partial charge in [0.15, 0.2) is 0 Å². The van der Waals surface area contributed by atoms with Crippen LogP contribution in [0.25, 0.3) is 0 Å². The van der Waals surface area contributed by atoms with Crippen molar-refractivity contribution in [2.75, 3.05) is 12.4 Å². The van der Waals surface area contributed by atoms with Gasteiger partial charge >= 0.3 is 17.9 Å². The molecule has 0 radical (unpaired) electrons. The van der Waals surface area contributed by atoms with Crippen molar-refractivity contribution in [3.63, 3.8) is 0 Å². The number of non-ortho nitro benzene ring substituents is 1. The Morgan fingerprint density at radius 2 is 1.31 bits per heavy atom. The molecule has 3 aromatic rings. The first kappa shape index (κ1) is 28.3. The minimum absolute atomic E-state index is 0.000305. The number of nitro benzene ring substituents is 1. The van der Waals surface area contributed by atoms with Gasteiger partial charge in [0.1, 0.15) is 5.75 Å². The van der Waals surface area contributed by atoms with Gasteiger partial charge in [0.25, 0.3) is 11.6 Å². The Hall–Kier alpha value is -5.26. The van der Waals surface area contributed by atoms with Crippen LogP contribution in [0.2, 0.25) is 0 Å². The maximum Gasteiger partial charge on any atom is 0.349 e. The fraction of sp³-hybridized carbons (Fsp3) is 0.185. The van der Waals surface area contributed by atoms with Crippen LogP contribution in [0.15, 0.2) is 66.7 Å². The Morgan fingerprint density at radius 1 is 0.821 bits per heavy atom. The van der Waals surface area contributed by atoms with E-state index in [9.17, 15) is 34.4 Å². The molecule has 0 aliphatic carbocycles. The number of ether oxygens (including phenoxy) is 3. The van der Waals surface area contributed by atoms with E-state index in [1.165, 1.54) is 37.4 Å². The number of anilines is 1. The molecule has 3 aromatic carbocycles. The molecule has 0 spiro atoms. The van der Waals surface area contributed by atoms with Gasteiger partial charge in [-0.25, -0.2) is 14.4 Å². The Kier molecular flexibility index (Phi) is 8.94. The molecule has 202 valence electrons. The smallest absolute Gasteiger partial charge is 0.349 e. The molecule has 12 heteroatoms. The zero-order valence-corrected chi connectivity index (χ0v) is 21.1. The van der Waals surface area contributed by atoms with Crippen LogP contribution >= 0.6 is 0 Å². The first-order chi connectivity index (χ1) is 18.5. The highest BCUT2D eigenvalue weighted by molar-refractivity contribution is 6.02. The summed E-state index contributed by atoms with van der Waals surface area (Å²) in [5, 5.41) is 23.4. The van der Waals surface area contributed by atoms with Crippen LogP contribution in [-0.4, -0.2) is 53.2 Å². The normalized spacial score (nSPS) is 12.0. The second-order valence-corrected chi connectivity index (χ2v) is 8.35. The molecule has 0 unspecified atom stereocenters. The molecule has 39 heavy (non-hydrogen) atoms. The third-order valence-electron chi connectivity index (χ3n) is 5.47. The Balaban J connectivity index is 1.98. The number of carbonyl (C=O) groups excluding carboxylic acids is 3. The number of rotatable bonds is 10. The van der Waals surface area contributed by atoms with Crippen molar-refractivity contribution < 1.29 is 43.4 Å². The first-order valence-electron chi connectivity index (χ1n) is 11.4. The lowest BCUT2D eigenvalue weighted by atomic mass is 10.1. The maximum absolute atomic E-state index is 13.3. The Morgan fingerprint density at radius 3 is 1.74 bits per heavy atom. The summed E-state index contributed by atoms with van der Waals surface area (Å²) in [6, 6.07) is 15.3. The lowest BCUT2D eigenvalue weighted by molar-refractivity contribution is -0.384. The number of carboxylic acids is 1. The molecule has 3 rings (SSSR count). The van der Waals surface area contributed by atoms with Crippen LogP contribution in [-0.2, 0) is 19.1 Å². The number of aliphatic carboxylic acids is 1. The first-order valence-corrected chi connectivity index (χ1v) is 11.4. The van der Waals surface area contributed by atoms with Gasteiger partial charge in [-0.05, 0) is 44.2 Å². The minimum atomic E-state index is -2.28. The van der Waals surface area contributed by atoms with E-state index in [4.69, 9.17) is 14.2 Å². The predicted octanol–water partition coefficient (Wildman–Crippen LogP) is 3.69. The lowest BCUT2D eigenvalue weighted by Crippen LogP contribution is -2.48. The average molecular weight is 536 g/mol. The van der Waals surface area contributed by atoms with E-state index in [-0.39, 0.29) is 22.6 Å². The molecular weight excluding hydrogens is 512 g/mol. The van der Waals surface area contributed by atoms with Gasteiger partial charge in [-0.15, -0.1) is 0 Å². The summed E-state index contributed by atoms with van der Waals surface area (Å²) < 4.78 is 15.5. The molecule has 12 nitrogen and oxygen atoms in total. The van der Waals surface area contributed by atoms with Gasteiger partial charge in [-0.1, -0.05) is 35.4 Å². The molecule has 1 amide bonds. The Labute approximate surface area is 222 Å². The summed E-state index contributed by atoms with van der Waals surface area (Å²) in [5.41, 5.74) is 1.05. The van der Waals surface area contributed by atoms with Crippen molar-refractivity contribution in [2.24, 2.45) is 0 Å². The number of carbonyl (C=O) groups is 4. The lowest BCUT2D eigenvalue weighted by Gasteiger charge is -2.24. The largest absolute Gasteiger partial charge is 0.495 e. The van der Waals surface area contributed by atoms with Crippen molar-refractivity contribution >= 4 is 35.2 Å². The fourth-order valence-corrected chi connectivity index (χ4v) is 3.35. The summed E-state index contributed by atoms with van der Waals surface area (Å²) in [6.45, 7) is 3.56. The maximum atomic E-state index is 13.3. The molecule has 0 bridgehead atoms. The zero-order chi connectivity index (χ0) is 28.7. The number of hydrogen-bond donors (Lipinski definition) is 2. The number of nitrogens with zero attached hydrogens (tertiary/aromatic N) is 1. The van der Waals surface area contributed by atoms with Crippen LogP contribution in [0.3, 0.4) is 0 Å². The molecule has 0 aromatic heterocycles. The van der Waals surface area contributed by atoms with Crippen molar-refractivity contribution in [1.82, 2.24) is 0 Å². The van der Waals surface area contributed by atoms with Gasteiger partial charge in [-0.3, -0.25) is 14.9 Å². The second-order valence-electron chi connectivity index (χ2n) is 8.35. The van der Waals surface area contributed by atoms with Crippen LogP contribution in [0.4, 0.5) is 11.4 Å². The van der Waals surface area contributed by atoms with Crippen molar-refractivity contribution in [2.45, 2.75) is 26.1 Å². The Bertz CT molecular complexity index is 1400. The molecule has 0 aliphatic rings. The van der Waals surface area contributed by atoms with Gasteiger partial charge < -0.3 is 24.6 Å². The SMILES string of the molecule is COc1ccc([N+](=O)[O-])cc1NC(=O)[C@@H](OC(=O)c1ccc(C)cc1)[C@@H](OC(=O)c1ccc(C)cc1)C(=O)O. The van der Waals surface area contributed by atoms with Crippen molar-refractivity contribution in [3.05, 3.63) is 99.1 Å². The van der Waals surface area contributed by atoms with E-state index in [0.29, 0.717) is 0 Å². The number of hydrogen-bond acceptors (Lipinski definition) is 9. The number of carboxylic acid groups (broad SMARTS) is 1. The van der Waals surface area contributed by atoms with E-state index in [0.717, 1.165) is 23.3 Å². The van der Waals surface area contributed by atoms with E-state index >= 15 is 0 Å². The second kappa shape index (κ2) is 12.3. The number of amides is 1. The third kappa shape index (κ3) is 7.16. The van der Waals surface area contributed by atoms with Crippen LogP contribution in [0.1, 0.15) is 31.8 Å². The molecule has 0 saturated heterocycles. The average Bonchev–Trinajstić information content (AvgIpc) is 2.90. The van der Waals surface area contributed by atoms with Gasteiger partial charge in [0, 0.05) is 12.1 Å². The molecule has 2 atom stereocenters. The summed E-state index contributed by atoms with van der Waals surface area (Å²) in [4.78, 5) is 61.6.